The van der Waals surface area contributed by atoms with Crippen LogP contribution < -0.4 is 19.5 Å². The zero-order valence-electron chi connectivity index (χ0n) is 13.3. The van der Waals surface area contributed by atoms with E-state index in [4.69, 9.17) is 37.4 Å². The Morgan fingerprint density at radius 2 is 1.65 bits per heavy atom. The quantitative estimate of drug-likeness (QED) is 0.756. The molecule has 2 aromatic rings. The highest BCUT2D eigenvalue weighted by atomic mass is 35.5. The van der Waals surface area contributed by atoms with Gasteiger partial charge in [0.05, 0.1) is 25.8 Å². The molecule has 0 saturated carbocycles. The molecular weight excluding hydrogens is 337 g/mol. The maximum atomic E-state index is 6.30. The third-order valence-corrected chi connectivity index (χ3v) is 3.91. The van der Waals surface area contributed by atoms with E-state index in [-0.39, 0.29) is 0 Å². The van der Waals surface area contributed by atoms with Gasteiger partial charge in [-0.2, -0.15) is 0 Å². The number of hydrogen-bond acceptors (Lipinski definition) is 4. The Bertz CT molecular complexity index is 677. The zero-order valence-corrected chi connectivity index (χ0v) is 14.8. The van der Waals surface area contributed by atoms with E-state index in [9.17, 15) is 0 Å². The Kier molecular flexibility index (Phi) is 6.25. The van der Waals surface area contributed by atoms with Gasteiger partial charge in [0, 0.05) is 23.3 Å². The Balaban J connectivity index is 2.16. The summed E-state index contributed by atoms with van der Waals surface area (Å²) in [6.45, 7) is 3.01. The third-order valence-electron chi connectivity index (χ3n) is 3.27. The maximum absolute atomic E-state index is 6.30. The van der Waals surface area contributed by atoms with Gasteiger partial charge in [0.25, 0.3) is 0 Å². The Labute approximate surface area is 146 Å². The van der Waals surface area contributed by atoms with E-state index in [0.717, 1.165) is 11.3 Å². The molecule has 0 aliphatic rings. The minimum atomic E-state index is 0.533. The molecule has 0 unspecified atom stereocenters. The minimum Gasteiger partial charge on any atom is -0.495 e. The summed E-state index contributed by atoms with van der Waals surface area (Å²) < 4.78 is 16.0. The SMILES string of the molecule is CCOc1cc(CNc2ccc(OC)c(Cl)c2)c(Cl)cc1OC. The molecule has 0 aliphatic carbocycles. The molecule has 0 amide bonds. The number of nitrogens with one attached hydrogen (secondary N) is 1. The van der Waals surface area contributed by atoms with Crippen molar-refractivity contribution >= 4 is 28.9 Å². The molecule has 6 heteroatoms. The van der Waals surface area contributed by atoms with Crippen LogP contribution in [0.15, 0.2) is 30.3 Å². The summed E-state index contributed by atoms with van der Waals surface area (Å²) in [5.41, 5.74) is 1.78. The van der Waals surface area contributed by atoms with Gasteiger partial charge in [-0.1, -0.05) is 23.2 Å². The summed E-state index contributed by atoms with van der Waals surface area (Å²) in [7, 11) is 3.17. The molecular formula is C17H19Cl2NO3. The van der Waals surface area contributed by atoms with Crippen molar-refractivity contribution in [3.63, 3.8) is 0 Å². The van der Waals surface area contributed by atoms with Gasteiger partial charge in [0.2, 0.25) is 0 Å². The van der Waals surface area contributed by atoms with Crippen molar-refractivity contribution in [2.75, 3.05) is 26.1 Å². The van der Waals surface area contributed by atoms with E-state index >= 15 is 0 Å². The maximum Gasteiger partial charge on any atom is 0.162 e. The summed E-state index contributed by atoms with van der Waals surface area (Å²) >= 11 is 12.4. The first-order chi connectivity index (χ1) is 11.1. The molecule has 0 aliphatic heterocycles. The molecule has 2 aromatic carbocycles. The van der Waals surface area contributed by atoms with Crippen molar-refractivity contribution in [3.8, 4) is 17.2 Å². The highest BCUT2D eigenvalue weighted by Crippen LogP contribution is 2.34. The fraction of sp³-hybridized carbons (Fsp3) is 0.294. The van der Waals surface area contributed by atoms with Crippen molar-refractivity contribution in [2.45, 2.75) is 13.5 Å². The van der Waals surface area contributed by atoms with E-state index < -0.39 is 0 Å². The number of anilines is 1. The predicted octanol–water partition coefficient (Wildman–Crippen LogP) is 5.02. The van der Waals surface area contributed by atoms with Gasteiger partial charge in [-0.05, 0) is 36.8 Å². The van der Waals surface area contributed by atoms with E-state index in [0.29, 0.717) is 40.4 Å². The van der Waals surface area contributed by atoms with Crippen molar-refractivity contribution in [3.05, 3.63) is 45.9 Å². The van der Waals surface area contributed by atoms with Crippen LogP contribution in [-0.2, 0) is 6.54 Å². The first-order valence-corrected chi connectivity index (χ1v) is 7.91. The standard InChI is InChI=1S/C17H19Cl2NO3/c1-4-23-17-7-11(13(18)9-16(17)22-3)10-20-12-5-6-15(21-2)14(19)8-12/h5-9,20H,4,10H2,1-3H3. The lowest BCUT2D eigenvalue weighted by atomic mass is 10.2. The van der Waals surface area contributed by atoms with Gasteiger partial charge >= 0.3 is 0 Å². The Hall–Kier alpha value is -1.78. The molecule has 23 heavy (non-hydrogen) atoms. The van der Waals surface area contributed by atoms with Gasteiger partial charge in [-0.25, -0.2) is 0 Å². The van der Waals surface area contributed by atoms with Gasteiger partial charge in [-0.3, -0.25) is 0 Å². The first kappa shape index (κ1) is 17.6. The van der Waals surface area contributed by atoms with Crippen LogP contribution in [0.3, 0.4) is 0 Å². The molecule has 0 bridgehead atoms. The van der Waals surface area contributed by atoms with E-state index in [1.807, 2.05) is 25.1 Å². The molecule has 4 nitrogen and oxygen atoms in total. The lowest BCUT2D eigenvalue weighted by Crippen LogP contribution is -2.03. The average Bonchev–Trinajstić information content (AvgIpc) is 2.55. The van der Waals surface area contributed by atoms with Crippen molar-refractivity contribution in [1.29, 1.82) is 0 Å². The monoisotopic (exact) mass is 355 g/mol. The molecule has 2 rings (SSSR count). The summed E-state index contributed by atoms with van der Waals surface area (Å²) in [6.07, 6.45) is 0. The lowest BCUT2D eigenvalue weighted by molar-refractivity contribution is 0.310. The molecule has 0 saturated heterocycles. The number of methoxy groups -OCH3 is 2. The second kappa shape index (κ2) is 8.18. The fourth-order valence-corrected chi connectivity index (χ4v) is 2.59. The molecule has 0 radical (unpaired) electrons. The van der Waals surface area contributed by atoms with Crippen LogP contribution in [0, 0.1) is 0 Å². The predicted molar refractivity (Wildman–Crippen MR) is 94.5 cm³/mol. The second-order valence-corrected chi connectivity index (χ2v) is 5.54. The summed E-state index contributed by atoms with van der Waals surface area (Å²) in [6, 6.07) is 9.14. The van der Waals surface area contributed by atoms with Crippen molar-refractivity contribution in [2.24, 2.45) is 0 Å². The van der Waals surface area contributed by atoms with E-state index in [2.05, 4.69) is 5.32 Å². The van der Waals surface area contributed by atoms with Crippen LogP contribution in [0.4, 0.5) is 5.69 Å². The summed E-state index contributed by atoms with van der Waals surface area (Å²) in [5, 5.41) is 4.44. The fourth-order valence-electron chi connectivity index (χ4n) is 2.11. The molecule has 0 aromatic heterocycles. The molecule has 0 fully saturated rings. The first-order valence-electron chi connectivity index (χ1n) is 7.15. The van der Waals surface area contributed by atoms with Crippen molar-refractivity contribution in [1.82, 2.24) is 0 Å². The highest BCUT2D eigenvalue weighted by molar-refractivity contribution is 6.32. The number of ether oxygens (including phenoxy) is 3. The Morgan fingerprint density at radius 1 is 0.913 bits per heavy atom. The molecule has 0 atom stereocenters. The summed E-state index contributed by atoms with van der Waals surface area (Å²) in [4.78, 5) is 0. The van der Waals surface area contributed by atoms with Gasteiger partial charge in [-0.15, -0.1) is 0 Å². The van der Waals surface area contributed by atoms with Crippen LogP contribution in [0.5, 0.6) is 17.2 Å². The second-order valence-electron chi connectivity index (χ2n) is 4.73. The third kappa shape index (κ3) is 4.36. The van der Waals surface area contributed by atoms with E-state index in [1.165, 1.54) is 0 Å². The summed E-state index contributed by atoms with van der Waals surface area (Å²) in [5.74, 6) is 1.93. The molecule has 0 heterocycles. The van der Waals surface area contributed by atoms with Gasteiger partial charge < -0.3 is 19.5 Å². The normalized spacial score (nSPS) is 10.3. The molecule has 0 spiro atoms. The number of hydrogen-bond donors (Lipinski definition) is 1. The highest BCUT2D eigenvalue weighted by Gasteiger charge is 2.10. The minimum absolute atomic E-state index is 0.533. The smallest absolute Gasteiger partial charge is 0.162 e. The lowest BCUT2D eigenvalue weighted by Gasteiger charge is -2.14. The van der Waals surface area contributed by atoms with Crippen LogP contribution in [0.1, 0.15) is 12.5 Å². The van der Waals surface area contributed by atoms with Crippen molar-refractivity contribution < 1.29 is 14.2 Å². The molecule has 1 N–H and O–H groups in total. The van der Waals surface area contributed by atoms with Crippen LogP contribution in [-0.4, -0.2) is 20.8 Å². The van der Waals surface area contributed by atoms with Crippen LogP contribution in [0.2, 0.25) is 10.0 Å². The zero-order chi connectivity index (χ0) is 16.8. The Morgan fingerprint density at radius 3 is 2.26 bits per heavy atom. The number of rotatable bonds is 7. The van der Waals surface area contributed by atoms with E-state index in [1.54, 1.807) is 26.4 Å². The molecule has 124 valence electrons. The van der Waals surface area contributed by atoms with Gasteiger partial charge in [0.1, 0.15) is 5.75 Å². The van der Waals surface area contributed by atoms with Crippen LogP contribution in [0.25, 0.3) is 0 Å². The average molecular weight is 356 g/mol. The van der Waals surface area contributed by atoms with Gasteiger partial charge in [0.15, 0.2) is 11.5 Å². The number of benzene rings is 2. The van der Waals surface area contributed by atoms with Crippen LogP contribution >= 0.6 is 23.2 Å². The largest absolute Gasteiger partial charge is 0.495 e. The number of halogens is 2. The topological polar surface area (TPSA) is 39.7 Å².